The van der Waals surface area contributed by atoms with Crippen LogP contribution in [0.3, 0.4) is 0 Å². The van der Waals surface area contributed by atoms with Gasteiger partial charge in [0.1, 0.15) is 0 Å². The summed E-state index contributed by atoms with van der Waals surface area (Å²) in [4.78, 5) is 11.5. The van der Waals surface area contributed by atoms with E-state index in [2.05, 4.69) is 33.8 Å². The van der Waals surface area contributed by atoms with E-state index in [-0.39, 0.29) is 5.78 Å². The molecular formula is C18H34O. The third kappa shape index (κ3) is 13.6. The summed E-state index contributed by atoms with van der Waals surface area (Å²) < 4.78 is 0. The van der Waals surface area contributed by atoms with E-state index in [0.717, 1.165) is 0 Å². The van der Waals surface area contributed by atoms with Crippen LogP contribution in [0.5, 0.6) is 0 Å². The molecule has 1 unspecified atom stereocenters. The number of rotatable bonds is 12. The maximum Gasteiger partial charge on any atom is 0.155 e. The highest BCUT2D eigenvalue weighted by molar-refractivity contribution is 5.89. The molecular weight excluding hydrogens is 232 g/mol. The van der Waals surface area contributed by atoms with E-state index in [1.54, 1.807) is 6.08 Å². The van der Waals surface area contributed by atoms with Crippen molar-refractivity contribution < 1.29 is 4.79 Å². The second-order valence-electron chi connectivity index (χ2n) is 6.31. The predicted molar refractivity (Wildman–Crippen MR) is 85.4 cm³/mol. The second-order valence-corrected chi connectivity index (χ2v) is 6.31. The first kappa shape index (κ1) is 18.4. The van der Waals surface area contributed by atoms with Crippen molar-refractivity contribution in [3.8, 4) is 0 Å². The average molecular weight is 266 g/mol. The molecule has 19 heavy (non-hydrogen) atoms. The van der Waals surface area contributed by atoms with Gasteiger partial charge in [0.05, 0.1) is 0 Å². The van der Waals surface area contributed by atoms with Crippen molar-refractivity contribution >= 4 is 5.78 Å². The molecule has 1 nitrogen and oxygen atoms in total. The van der Waals surface area contributed by atoms with Gasteiger partial charge in [0.25, 0.3) is 0 Å². The lowest BCUT2D eigenvalue weighted by atomic mass is 10.00. The summed E-state index contributed by atoms with van der Waals surface area (Å²) in [5.74, 6) is 1.30. The molecule has 0 saturated heterocycles. The van der Waals surface area contributed by atoms with E-state index in [0.29, 0.717) is 18.3 Å². The number of allylic oxidation sites excluding steroid dienone is 2. The van der Waals surface area contributed by atoms with Gasteiger partial charge in [-0.1, -0.05) is 78.7 Å². The van der Waals surface area contributed by atoms with Crippen LogP contribution in [0.4, 0.5) is 0 Å². The van der Waals surface area contributed by atoms with Crippen LogP contribution in [0.25, 0.3) is 0 Å². The molecule has 0 spiro atoms. The maximum absolute atomic E-state index is 11.5. The van der Waals surface area contributed by atoms with Crippen LogP contribution in [0, 0.1) is 11.8 Å². The van der Waals surface area contributed by atoms with Gasteiger partial charge in [0.15, 0.2) is 5.78 Å². The molecule has 0 aliphatic heterocycles. The first-order chi connectivity index (χ1) is 9.06. The van der Waals surface area contributed by atoms with Gasteiger partial charge >= 0.3 is 0 Å². The standard InChI is InChI=1S/C18H34O/c1-5-6-7-8-9-10-11-12-17(4)13-14-18(19)15-16(2)3/h13-14,16-17H,5-12,15H2,1-4H3. The Morgan fingerprint density at radius 3 is 2.11 bits per heavy atom. The molecule has 112 valence electrons. The lowest BCUT2D eigenvalue weighted by Crippen LogP contribution is -2.00. The van der Waals surface area contributed by atoms with Gasteiger partial charge in [-0.25, -0.2) is 0 Å². The quantitative estimate of drug-likeness (QED) is 0.316. The zero-order valence-corrected chi connectivity index (χ0v) is 13.6. The van der Waals surface area contributed by atoms with Crippen molar-refractivity contribution in [2.75, 3.05) is 0 Å². The highest BCUT2D eigenvalue weighted by Gasteiger charge is 2.02. The van der Waals surface area contributed by atoms with Crippen LogP contribution in [-0.2, 0) is 4.79 Å². The molecule has 0 N–H and O–H groups in total. The van der Waals surface area contributed by atoms with Crippen LogP contribution in [0.1, 0.15) is 85.5 Å². The summed E-state index contributed by atoms with van der Waals surface area (Å²) in [5, 5.41) is 0. The van der Waals surface area contributed by atoms with Gasteiger partial charge < -0.3 is 0 Å². The van der Waals surface area contributed by atoms with Crippen molar-refractivity contribution in [2.24, 2.45) is 11.8 Å². The smallest absolute Gasteiger partial charge is 0.155 e. The molecule has 1 atom stereocenters. The highest BCUT2D eigenvalue weighted by Crippen LogP contribution is 2.13. The van der Waals surface area contributed by atoms with Crippen molar-refractivity contribution in [2.45, 2.75) is 85.5 Å². The number of hydrogen-bond acceptors (Lipinski definition) is 1. The van der Waals surface area contributed by atoms with Crippen LogP contribution in [0.2, 0.25) is 0 Å². The van der Waals surface area contributed by atoms with Gasteiger partial charge in [-0.05, 0) is 24.3 Å². The van der Waals surface area contributed by atoms with Crippen LogP contribution in [0.15, 0.2) is 12.2 Å². The van der Waals surface area contributed by atoms with E-state index < -0.39 is 0 Å². The molecule has 0 rings (SSSR count). The third-order valence-electron chi connectivity index (χ3n) is 3.48. The summed E-state index contributed by atoms with van der Waals surface area (Å²) in [7, 11) is 0. The van der Waals surface area contributed by atoms with E-state index >= 15 is 0 Å². The fourth-order valence-electron chi connectivity index (χ4n) is 2.26. The molecule has 0 amide bonds. The lowest BCUT2D eigenvalue weighted by Gasteiger charge is -2.06. The number of hydrogen-bond donors (Lipinski definition) is 0. The monoisotopic (exact) mass is 266 g/mol. The Balaban J connectivity index is 3.50. The number of carbonyl (C=O) groups is 1. The summed E-state index contributed by atoms with van der Waals surface area (Å²) in [6.45, 7) is 8.66. The van der Waals surface area contributed by atoms with Gasteiger partial charge in [-0.2, -0.15) is 0 Å². The number of ketones is 1. The Kier molecular flexibility index (Phi) is 12.1. The lowest BCUT2D eigenvalue weighted by molar-refractivity contribution is -0.115. The van der Waals surface area contributed by atoms with E-state index in [9.17, 15) is 4.79 Å². The molecule has 0 saturated carbocycles. The molecule has 0 fully saturated rings. The molecule has 0 aliphatic rings. The van der Waals surface area contributed by atoms with Crippen LogP contribution >= 0.6 is 0 Å². The molecule has 0 aromatic heterocycles. The van der Waals surface area contributed by atoms with Crippen molar-refractivity contribution in [3.05, 3.63) is 12.2 Å². The molecule has 0 bridgehead atoms. The summed E-state index contributed by atoms with van der Waals surface area (Å²) >= 11 is 0. The fourth-order valence-corrected chi connectivity index (χ4v) is 2.26. The molecule has 0 aromatic rings. The molecule has 0 aliphatic carbocycles. The van der Waals surface area contributed by atoms with Crippen molar-refractivity contribution in [3.63, 3.8) is 0 Å². The maximum atomic E-state index is 11.5. The van der Waals surface area contributed by atoms with Crippen molar-refractivity contribution in [1.29, 1.82) is 0 Å². The SMILES string of the molecule is CCCCCCCCCC(C)C=CC(=O)CC(C)C. The minimum Gasteiger partial charge on any atom is -0.295 e. The Labute approximate surface area is 120 Å². The van der Waals surface area contributed by atoms with Crippen LogP contribution < -0.4 is 0 Å². The highest BCUT2D eigenvalue weighted by atomic mass is 16.1. The Hall–Kier alpha value is -0.590. The minimum absolute atomic E-state index is 0.279. The van der Waals surface area contributed by atoms with Gasteiger partial charge in [-0.15, -0.1) is 0 Å². The Morgan fingerprint density at radius 2 is 1.53 bits per heavy atom. The number of unbranched alkanes of at least 4 members (excludes halogenated alkanes) is 6. The first-order valence-electron chi connectivity index (χ1n) is 8.27. The Bertz CT molecular complexity index is 240. The normalized spacial score (nSPS) is 13.3. The zero-order valence-electron chi connectivity index (χ0n) is 13.6. The first-order valence-corrected chi connectivity index (χ1v) is 8.27. The molecule has 0 heterocycles. The topological polar surface area (TPSA) is 17.1 Å². The minimum atomic E-state index is 0.279. The molecule has 0 aromatic carbocycles. The summed E-state index contributed by atoms with van der Waals surface area (Å²) in [6, 6.07) is 0. The van der Waals surface area contributed by atoms with E-state index in [1.165, 1.54) is 51.4 Å². The van der Waals surface area contributed by atoms with E-state index in [4.69, 9.17) is 0 Å². The predicted octanol–water partition coefficient (Wildman–Crippen LogP) is 5.93. The zero-order chi connectivity index (χ0) is 14.5. The van der Waals surface area contributed by atoms with Gasteiger partial charge in [-0.3, -0.25) is 4.79 Å². The van der Waals surface area contributed by atoms with Gasteiger partial charge in [0.2, 0.25) is 0 Å². The summed E-state index contributed by atoms with van der Waals surface area (Å²) in [5.41, 5.74) is 0. The summed E-state index contributed by atoms with van der Waals surface area (Å²) in [6.07, 6.45) is 15.3. The molecule has 0 radical (unpaired) electrons. The van der Waals surface area contributed by atoms with E-state index in [1.807, 2.05) is 0 Å². The van der Waals surface area contributed by atoms with Crippen LogP contribution in [-0.4, -0.2) is 5.78 Å². The fraction of sp³-hybridized carbons (Fsp3) is 0.833. The average Bonchev–Trinajstić information content (AvgIpc) is 2.34. The Morgan fingerprint density at radius 1 is 0.947 bits per heavy atom. The second kappa shape index (κ2) is 12.4. The number of carbonyl (C=O) groups excluding carboxylic acids is 1. The van der Waals surface area contributed by atoms with Gasteiger partial charge in [0, 0.05) is 6.42 Å². The molecule has 1 heteroatoms. The largest absolute Gasteiger partial charge is 0.295 e. The third-order valence-corrected chi connectivity index (χ3v) is 3.48. The van der Waals surface area contributed by atoms with Crippen molar-refractivity contribution in [1.82, 2.24) is 0 Å².